The molecule has 13 heteroatoms. The summed E-state index contributed by atoms with van der Waals surface area (Å²) in [6, 6.07) is 1.01. The number of rotatable bonds is 5. The van der Waals surface area contributed by atoms with Crippen LogP contribution in [0, 0.1) is 0 Å². The average molecular weight is 483 g/mol. The number of alkyl halides is 4. The van der Waals surface area contributed by atoms with E-state index >= 15 is 0 Å². The van der Waals surface area contributed by atoms with E-state index in [-0.39, 0.29) is 41.6 Å². The highest BCUT2D eigenvalue weighted by Gasteiger charge is 2.40. The van der Waals surface area contributed by atoms with E-state index in [1.54, 1.807) is 11.0 Å². The standard InChI is InChI=1S/C21H25F4N7O2/c1-11(33)18-28-13-9-27-17(8-14(13)32(18)12(2)21(23,24)25)29-16-4-6-26-19(30-16)31-7-5-20(3,34)15(22)10-31/h4,6,8-9,11-12,15,33-34H,5,7,10H2,1-3H3,(H,26,27,29,30)/t11-,12+,15-,20+/m1/s1. The van der Waals surface area contributed by atoms with Crippen molar-refractivity contribution in [2.24, 2.45) is 0 Å². The first-order valence-electron chi connectivity index (χ1n) is 10.7. The molecule has 0 amide bonds. The molecule has 34 heavy (non-hydrogen) atoms. The monoisotopic (exact) mass is 483 g/mol. The number of aliphatic hydroxyl groups excluding tert-OH is 1. The van der Waals surface area contributed by atoms with Gasteiger partial charge in [-0.25, -0.2) is 19.3 Å². The highest BCUT2D eigenvalue weighted by Crippen LogP contribution is 2.36. The van der Waals surface area contributed by atoms with E-state index in [4.69, 9.17) is 0 Å². The molecule has 4 atom stereocenters. The molecule has 184 valence electrons. The van der Waals surface area contributed by atoms with E-state index in [2.05, 4.69) is 25.3 Å². The molecule has 1 saturated heterocycles. The number of aromatic nitrogens is 5. The summed E-state index contributed by atoms with van der Waals surface area (Å²) in [5.74, 6) is 0.631. The number of hydrogen-bond acceptors (Lipinski definition) is 8. The van der Waals surface area contributed by atoms with Gasteiger partial charge in [0.1, 0.15) is 41.3 Å². The Labute approximate surface area is 192 Å². The summed E-state index contributed by atoms with van der Waals surface area (Å²) in [5.41, 5.74) is -1.06. The lowest BCUT2D eigenvalue weighted by molar-refractivity contribution is -0.163. The van der Waals surface area contributed by atoms with Crippen LogP contribution in [-0.2, 0) is 0 Å². The lowest BCUT2D eigenvalue weighted by Gasteiger charge is -2.38. The van der Waals surface area contributed by atoms with Gasteiger partial charge in [0.25, 0.3) is 0 Å². The quantitative estimate of drug-likeness (QED) is 0.473. The van der Waals surface area contributed by atoms with Crippen LogP contribution >= 0.6 is 0 Å². The molecule has 1 fully saturated rings. The second-order valence-electron chi connectivity index (χ2n) is 8.68. The number of nitrogens with one attached hydrogen (secondary N) is 1. The van der Waals surface area contributed by atoms with Crippen molar-refractivity contribution in [1.82, 2.24) is 24.5 Å². The number of imidazole rings is 1. The minimum Gasteiger partial charge on any atom is -0.387 e. The third-order valence-corrected chi connectivity index (χ3v) is 5.96. The lowest BCUT2D eigenvalue weighted by atomic mass is 9.92. The topological polar surface area (TPSA) is 112 Å². The number of nitrogens with zero attached hydrogens (tertiary/aromatic N) is 6. The van der Waals surface area contributed by atoms with Crippen LogP contribution in [0.5, 0.6) is 0 Å². The van der Waals surface area contributed by atoms with E-state index in [1.165, 1.54) is 32.3 Å². The van der Waals surface area contributed by atoms with Gasteiger partial charge in [-0.3, -0.25) is 0 Å². The number of anilines is 3. The number of piperidine rings is 1. The zero-order chi connectivity index (χ0) is 24.8. The van der Waals surface area contributed by atoms with Crippen molar-refractivity contribution in [3.63, 3.8) is 0 Å². The van der Waals surface area contributed by atoms with Crippen molar-refractivity contribution in [3.8, 4) is 0 Å². The first-order valence-corrected chi connectivity index (χ1v) is 10.7. The van der Waals surface area contributed by atoms with Gasteiger partial charge < -0.3 is 25.0 Å². The molecule has 9 nitrogen and oxygen atoms in total. The zero-order valence-corrected chi connectivity index (χ0v) is 18.8. The SMILES string of the molecule is C[C@H](n1c([C@@H](C)O)nc2cnc(Nc3ccnc(N4CC[C@](C)(O)[C@H](F)C4)n3)cc21)C(F)(F)F. The number of halogens is 4. The van der Waals surface area contributed by atoms with Crippen LogP contribution < -0.4 is 10.2 Å². The molecule has 0 aliphatic carbocycles. The van der Waals surface area contributed by atoms with Crippen LogP contribution in [0.3, 0.4) is 0 Å². The molecule has 4 heterocycles. The minimum atomic E-state index is -4.55. The molecule has 0 aromatic carbocycles. The molecule has 0 radical (unpaired) electrons. The van der Waals surface area contributed by atoms with Gasteiger partial charge in [-0.05, 0) is 33.3 Å². The molecule has 1 aliphatic rings. The van der Waals surface area contributed by atoms with Crippen LogP contribution in [-0.4, -0.2) is 65.8 Å². The first-order chi connectivity index (χ1) is 15.9. The smallest absolute Gasteiger partial charge is 0.387 e. The summed E-state index contributed by atoms with van der Waals surface area (Å²) >= 11 is 0. The first kappa shape index (κ1) is 24.1. The number of pyridine rings is 1. The summed E-state index contributed by atoms with van der Waals surface area (Å²) < 4.78 is 55.7. The Morgan fingerprint density at radius 3 is 2.59 bits per heavy atom. The Hall–Kier alpha value is -3.06. The molecule has 3 aromatic rings. The van der Waals surface area contributed by atoms with Gasteiger partial charge in [0.05, 0.1) is 23.9 Å². The molecule has 0 bridgehead atoms. The maximum absolute atomic E-state index is 14.3. The van der Waals surface area contributed by atoms with Crippen molar-refractivity contribution in [1.29, 1.82) is 0 Å². The van der Waals surface area contributed by atoms with E-state index in [0.29, 0.717) is 12.4 Å². The fourth-order valence-corrected chi connectivity index (χ4v) is 3.82. The maximum Gasteiger partial charge on any atom is 0.408 e. The minimum absolute atomic E-state index is 0.0721. The van der Waals surface area contributed by atoms with Crippen molar-refractivity contribution in [3.05, 3.63) is 30.4 Å². The Morgan fingerprint density at radius 1 is 1.21 bits per heavy atom. The Kier molecular flexibility index (Phi) is 6.10. The maximum atomic E-state index is 14.3. The fourth-order valence-electron chi connectivity index (χ4n) is 3.82. The Bertz CT molecular complexity index is 1180. The van der Waals surface area contributed by atoms with Gasteiger partial charge in [0, 0.05) is 18.8 Å². The molecular weight excluding hydrogens is 458 g/mol. The second kappa shape index (κ2) is 8.62. The van der Waals surface area contributed by atoms with Crippen LogP contribution in [0.4, 0.5) is 35.1 Å². The van der Waals surface area contributed by atoms with Gasteiger partial charge >= 0.3 is 6.18 Å². The molecule has 4 rings (SSSR count). The predicted molar refractivity (Wildman–Crippen MR) is 117 cm³/mol. The van der Waals surface area contributed by atoms with Crippen molar-refractivity contribution in [2.45, 2.75) is 57.3 Å². The van der Waals surface area contributed by atoms with Crippen LogP contribution in [0.25, 0.3) is 11.0 Å². The van der Waals surface area contributed by atoms with Crippen molar-refractivity contribution < 1.29 is 27.8 Å². The summed E-state index contributed by atoms with van der Waals surface area (Å²) in [5, 5.41) is 22.9. The molecule has 0 unspecified atom stereocenters. The van der Waals surface area contributed by atoms with E-state index in [0.717, 1.165) is 11.5 Å². The van der Waals surface area contributed by atoms with Gasteiger partial charge in [-0.1, -0.05) is 0 Å². The summed E-state index contributed by atoms with van der Waals surface area (Å²) in [4.78, 5) is 18.4. The van der Waals surface area contributed by atoms with Gasteiger partial charge in [0.2, 0.25) is 5.95 Å². The zero-order valence-electron chi connectivity index (χ0n) is 18.8. The predicted octanol–water partition coefficient (Wildman–Crippen LogP) is 3.44. The highest BCUT2D eigenvalue weighted by atomic mass is 19.4. The highest BCUT2D eigenvalue weighted by molar-refractivity contribution is 5.79. The molecule has 0 spiro atoms. The summed E-state index contributed by atoms with van der Waals surface area (Å²) in [7, 11) is 0. The molecule has 1 aliphatic heterocycles. The van der Waals surface area contributed by atoms with Gasteiger partial charge in [0.15, 0.2) is 0 Å². The van der Waals surface area contributed by atoms with Crippen LogP contribution in [0.2, 0.25) is 0 Å². The Morgan fingerprint density at radius 2 is 1.94 bits per heavy atom. The molecule has 0 saturated carbocycles. The van der Waals surface area contributed by atoms with Crippen molar-refractivity contribution >= 4 is 28.6 Å². The van der Waals surface area contributed by atoms with Crippen LogP contribution in [0.15, 0.2) is 24.5 Å². The number of aliphatic hydroxyl groups is 2. The largest absolute Gasteiger partial charge is 0.408 e. The van der Waals surface area contributed by atoms with Gasteiger partial charge in [-0.2, -0.15) is 18.2 Å². The van der Waals surface area contributed by atoms with Crippen molar-refractivity contribution in [2.75, 3.05) is 23.3 Å². The molecule has 3 N–H and O–H groups in total. The van der Waals surface area contributed by atoms with E-state index in [1.807, 2.05) is 0 Å². The van der Waals surface area contributed by atoms with Gasteiger partial charge in [-0.15, -0.1) is 0 Å². The van der Waals surface area contributed by atoms with E-state index < -0.39 is 30.1 Å². The average Bonchev–Trinajstić information content (AvgIpc) is 3.13. The second-order valence-corrected chi connectivity index (χ2v) is 8.68. The normalized spacial score (nSPS) is 23.2. The van der Waals surface area contributed by atoms with E-state index in [9.17, 15) is 27.8 Å². The molecular formula is C21H25F4N7O2. The summed E-state index contributed by atoms with van der Waals surface area (Å²) in [6.45, 7) is 4.07. The Balaban J connectivity index is 1.64. The third kappa shape index (κ3) is 4.62. The third-order valence-electron chi connectivity index (χ3n) is 5.96. The summed E-state index contributed by atoms with van der Waals surface area (Å²) in [6.07, 6.45) is -4.26. The van der Waals surface area contributed by atoms with Crippen LogP contribution in [0.1, 0.15) is 45.2 Å². The number of fused-ring (bicyclic) bond motifs is 1. The fraction of sp³-hybridized carbons (Fsp3) is 0.524. The molecule has 3 aromatic heterocycles. The number of hydrogen-bond donors (Lipinski definition) is 3. The lowest BCUT2D eigenvalue weighted by Crippen LogP contribution is -2.52.